The van der Waals surface area contributed by atoms with Crippen LogP contribution in [0.3, 0.4) is 0 Å². The van der Waals surface area contributed by atoms with Gasteiger partial charge in [0.1, 0.15) is 23.6 Å². The summed E-state index contributed by atoms with van der Waals surface area (Å²) in [6.07, 6.45) is 2.97. The number of piperidine rings is 1. The quantitative estimate of drug-likeness (QED) is 0.625. The maximum atomic E-state index is 13.4. The van der Waals surface area contributed by atoms with Gasteiger partial charge in [0.25, 0.3) is 5.91 Å². The molecule has 1 fully saturated rings. The minimum Gasteiger partial charge on any atom is -0.489 e. The first kappa shape index (κ1) is 22.5. The van der Waals surface area contributed by atoms with E-state index in [1.807, 2.05) is 18.2 Å². The average Bonchev–Trinajstić information content (AvgIpc) is 2.87. The predicted octanol–water partition coefficient (Wildman–Crippen LogP) is 3.72. The Balaban J connectivity index is 1.52. The molecule has 0 saturated carbocycles. The van der Waals surface area contributed by atoms with Crippen molar-refractivity contribution in [3.63, 3.8) is 0 Å². The Morgan fingerprint density at radius 3 is 2.73 bits per heavy atom. The monoisotopic (exact) mass is 447 g/mol. The lowest BCUT2D eigenvalue weighted by molar-refractivity contribution is -0.128. The Kier molecular flexibility index (Phi) is 6.68. The van der Waals surface area contributed by atoms with Crippen LogP contribution in [-0.4, -0.2) is 41.8 Å². The molecule has 2 amide bonds. The van der Waals surface area contributed by atoms with Crippen LogP contribution >= 0.6 is 0 Å². The summed E-state index contributed by atoms with van der Waals surface area (Å²) < 4.78 is 19.2. The fourth-order valence-corrected chi connectivity index (χ4v) is 4.32. The van der Waals surface area contributed by atoms with E-state index in [4.69, 9.17) is 4.74 Å². The van der Waals surface area contributed by atoms with Crippen LogP contribution in [0.1, 0.15) is 34.5 Å². The fraction of sp³-hybridized carbons (Fsp3) is 0.269. The second kappa shape index (κ2) is 9.81. The predicted molar refractivity (Wildman–Crippen MR) is 122 cm³/mol. The fourth-order valence-electron chi connectivity index (χ4n) is 4.32. The number of hydrogen-bond acceptors (Lipinski definition) is 4. The van der Waals surface area contributed by atoms with Gasteiger partial charge in [-0.15, -0.1) is 0 Å². The number of nitrogens with one attached hydrogen (secondary N) is 1. The molecule has 1 aliphatic rings. The van der Waals surface area contributed by atoms with Gasteiger partial charge < -0.3 is 15.0 Å². The van der Waals surface area contributed by atoms with Crippen LogP contribution < -0.4 is 10.1 Å². The number of carbonyl (C=O) groups excluding carboxylic acids is 2. The van der Waals surface area contributed by atoms with Gasteiger partial charge in [-0.05, 0) is 60.9 Å². The molecule has 1 N–H and O–H groups in total. The van der Waals surface area contributed by atoms with Gasteiger partial charge >= 0.3 is 0 Å². The molecule has 1 aromatic heterocycles. The lowest BCUT2D eigenvalue weighted by Gasteiger charge is -2.41. The number of likely N-dealkylation sites (tertiary alicyclic amines) is 1. The van der Waals surface area contributed by atoms with Crippen molar-refractivity contribution in [1.82, 2.24) is 15.2 Å². The molecule has 0 aliphatic carbocycles. The minimum atomic E-state index is -0.893. The Hall–Kier alpha value is -3.74. The second-order valence-electron chi connectivity index (χ2n) is 8.15. The molecule has 0 bridgehead atoms. The zero-order chi connectivity index (χ0) is 23.3. The Morgan fingerprint density at radius 2 is 1.97 bits per heavy atom. The highest BCUT2D eigenvalue weighted by Gasteiger charge is 2.45. The van der Waals surface area contributed by atoms with E-state index in [-0.39, 0.29) is 30.8 Å². The molecule has 1 atom stereocenters. The highest BCUT2D eigenvalue weighted by molar-refractivity contribution is 5.96. The Morgan fingerprint density at radius 1 is 1.12 bits per heavy atom. The number of pyridine rings is 1. The zero-order valence-corrected chi connectivity index (χ0v) is 18.5. The van der Waals surface area contributed by atoms with Gasteiger partial charge in [-0.2, -0.15) is 0 Å². The molecule has 0 spiro atoms. The lowest BCUT2D eigenvalue weighted by atomic mass is 9.75. The number of benzene rings is 2. The van der Waals surface area contributed by atoms with Gasteiger partial charge in [0, 0.05) is 31.9 Å². The van der Waals surface area contributed by atoms with Crippen LogP contribution in [0.2, 0.25) is 0 Å². The van der Waals surface area contributed by atoms with Gasteiger partial charge in [0.2, 0.25) is 5.91 Å². The number of rotatable bonds is 6. The number of ether oxygens (including phenoxy) is 1. The molecule has 0 radical (unpaired) electrons. The number of nitrogens with zero attached hydrogens (tertiary/aromatic N) is 2. The largest absolute Gasteiger partial charge is 0.489 e. The zero-order valence-electron chi connectivity index (χ0n) is 18.5. The number of amides is 2. The van der Waals surface area contributed by atoms with Crippen LogP contribution in [0.4, 0.5) is 4.39 Å². The molecular weight excluding hydrogens is 421 g/mol. The van der Waals surface area contributed by atoms with Gasteiger partial charge in [0.05, 0.1) is 5.69 Å². The highest BCUT2D eigenvalue weighted by Crippen LogP contribution is 2.34. The molecule has 1 aliphatic heterocycles. The van der Waals surface area contributed by atoms with E-state index in [0.29, 0.717) is 42.0 Å². The molecular formula is C26H26FN3O3. The van der Waals surface area contributed by atoms with E-state index < -0.39 is 5.41 Å². The molecule has 2 heterocycles. The minimum absolute atomic E-state index is 0.147. The van der Waals surface area contributed by atoms with Gasteiger partial charge in [0.15, 0.2) is 0 Å². The van der Waals surface area contributed by atoms with E-state index in [1.54, 1.807) is 54.5 Å². The Labute approximate surface area is 192 Å². The normalized spacial score (nSPS) is 17.9. The first-order chi connectivity index (χ1) is 16.0. The van der Waals surface area contributed by atoms with Crippen LogP contribution in [0.25, 0.3) is 0 Å². The summed E-state index contributed by atoms with van der Waals surface area (Å²) in [5, 5.41) is 2.76. The smallest absolute Gasteiger partial charge is 0.254 e. The summed E-state index contributed by atoms with van der Waals surface area (Å²) in [6.45, 7) is 0.994. The third-order valence-electron chi connectivity index (χ3n) is 5.97. The summed E-state index contributed by atoms with van der Waals surface area (Å²) in [5.41, 5.74) is 0.943. The van der Waals surface area contributed by atoms with E-state index >= 15 is 0 Å². The average molecular weight is 448 g/mol. The van der Waals surface area contributed by atoms with Gasteiger partial charge in [-0.25, -0.2) is 4.39 Å². The van der Waals surface area contributed by atoms with Crippen molar-refractivity contribution in [2.45, 2.75) is 24.9 Å². The van der Waals surface area contributed by atoms with E-state index in [9.17, 15) is 14.0 Å². The van der Waals surface area contributed by atoms with Gasteiger partial charge in [-0.3, -0.25) is 14.6 Å². The number of carbonyl (C=O) groups is 2. The van der Waals surface area contributed by atoms with Crippen molar-refractivity contribution >= 4 is 11.8 Å². The van der Waals surface area contributed by atoms with Crippen molar-refractivity contribution < 1.29 is 18.7 Å². The van der Waals surface area contributed by atoms with Crippen molar-refractivity contribution in [2.75, 3.05) is 20.1 Å². The van der Waals surface area contributed by atoms with Crippen LogP contribution in [-0.2, 0) is 16.8 Å². The number of hydrogen-bond donors (Lipinski definition) is 1. The van der Waals surface area contributed by atoms with Crippen LogP contribution in [0.5, 0.6) is 5.75 Å². The van der Waals surface area contributed by atoms with Crippen LogP contribution in [0.15, 0.2) is 72.9 Å². The summed E-state index contributed by atoms with van der Waals surface area (Å²) >= 11 is 0. The summed E-state index contributed by atoms with van der Waals surface area (Å²) in [5.74, 6) is -0.122. The summed E-state index contributed by atoms with van der Waals surface area (Å²) in [4.78, 5) is 32.5. The Bertz CT molecular complexity index is 1140. The van der Waals surface area contributed by atoms with E-state index in [0.717, 1.165) is 0 Å². The first-order valence-electron chi connectivity index (χ1n) is 10.9. The number of aromatic nitrogens is 1. The third kappa shape index (κ3) is 4.87. The van der Waals surface area contributed by atoms with E-state index in [1.165, 1.54) is 12.1 Å². The first-order valence-corrected chi connectivity index (χ1v) is 10.9. The van der Waals surface area contributed by atoms with Gasteiger partial charge in [-0.1, -0.05) is 24.3 Å². The molecule has 4 rings (SSSR count). The molecule has 7 heteroatoms. The summed E-state index contributed by atoms with van der Waals surface area (Å²) in [6, 6.07) is 18.6. The van der Waals surface area contributed by atoms with Crippen LogP contribution in [0, 0.1) is 5.82 Å². The molecule has 170 valence electrons. The topological polar surface area (TPSA) is 71.5 Å². The molecule has 33 heavy (non-hydrogen) atoms. The maximum Gasteiger partial charge on any atom is 0.254 e. The SMILES string of the molecule is CNC(=O)[C@@]1(c2ccccn2)CCCN(C(=O)c2cccc(OCc3cccc(F)c3)c2)C1. The highest BCUT2D eigenvalue weighted by atomic mass is 19.1. The van der Waals surface area contributed by atoms with Crippen molar-refractivity contribution in [3.8, 4) is 5.75 Å². The molecule has 3 aromatic rings. The van der Waals surface area contributed by atoms with Crippen molar-refractivity contribution in [1.29, 1.82) is 0 Å². The standard InChI is InChI=1S/C26H26FN3O3/c1-28-25(32)26(23-11-2-3-13-29-23)12-6-14-30(18-26)24(31)20-8-5-10-22(16-20)33-17-19-7-4-9-21(27)15-19/h2-5,7-11,13,15-16H,6,12,14,17-18H2,1H3,(H,28,32)/t26-/m0/s1. The third-order valence-corrected chi connectivity index (χ3v) is 5.97. The molecule has 2 aromatic carbocycles. The second-order valence-corrected chi connectivity index (χ2v) is 8.15. The van der Waals surface area contributed by atoms with Crippen molar-refractivity contribution in [2.24, 2.45) is 0 Å². The molecule has 6 nitrogen and oxygen atoms in total. The number of halogens is 1. The molecule has 1 saturated heterocycles. The van der Waals surface area contributed by atoms with E-state index in [2.05, 4.69) is 10.3 Å². The summed E-state index contributed by atoms with van der Waals surface area (Å²) in [7, 11) is 1.60. The molecule has 0 unspecified atom stereocenters. The van der Waals surface area contributed by atoms with Crippen molar-refractivity contribution in [3.05, 3.63) is 95.6 Å². The lowest BCUT2D eigenvalue weighted by Crippen LogP contribution is -2.56. The number of likely N-dealkylation sites (N-methyl/N-ethyl adjacent to an activating group) is 1. The maximum absolute atomic E-state index is 13.4.